The Hall–Kier alpha value is -0.640. The minimum absolute atomic E-state index is 0.0207. The Morgan fingerprint density at radius 1 is 1.05 bits per heavy atom. The highest BCUT2D eigenvalue weighted by molar-refractivity contribution is 9.10. The lowest BCUT2D eigenvalue weighted by atomic mass is 9.91. The molecule has 4 heteroatoms. The average molecular weight is 340 g/mol. The Bertz CT molecular complexity index is 458. The number of anilines is 1. The van der Waals surface area contributed by atoms with Crippen LogP contribution in [0.2, 0.25) is 0 Å². The van der Waals surface area contributed by atoms with Crippen LogP contribution < -0.4 is 5.32 Å². The summed E-state index contributed by atoms with van der Waals surface area (Å²) < 4.78 is 1.00. The Morgan fingerprint density at radius 2 is 1.65 bits per heavy atom. The zero-order valence-electron chi connectivity index (χ0n) is 13.1. The van der Waals surface area contributed by atoms with Crippen molar-refractivity contribution in [2.45, 2.75) is 70.6 Å². The monoisotopic (exact) mass is 339 g/mol. The number of halogens is 1. The van der Waals surface area contributed by atoms with Crippen LogP contribution >= 0.6 is 15.9 Å². The fraction of sp³-hybridized carbons (Fsp3) is 0.750. The molecule has 0 aromatic carbocycles. The summed E-state index contributed by atoms with van der Waals surface area (Å²) in [4.78, 5) is 9.68. The predicted molar refractivity (Wildman–Crippen MR) is 88.4 cm³/mol. The van der Waals surface area contributed by atoms with Gasteiger partial charge in [-0.2, -0.15) is 0 Å². The molecule has 1 aromatic heterocycles. The van der Waals surface area contributed by atoms with Gasteiger partial charge in [0.25, 0.3) is 0 Å². The van der Waals surface area contributed by atoms with Gasteiger partial charge in [0.2, 0.25) is 0 Å². The number of hydrogen-bond acceptors (Lipinski definition) is 3. The molecule has 3 nitrogen and oxygen atoms in total. The summed E-state index contributed by atoms with van der Waals surface area (Å²) >= 11 is 3.66. The van der Waals surface area contributed by atoms with Gasteiger partial charge in [-0.25, -0.2) is 9.97 Å². The summed E-state index contributed by atoms with van der Waals surface area (Å²) in [5, 5.41) is 3.20. The van der Waals surface area contributed by atoms with Gasteiger partial charge in [0, 0.05) is 18.4 Å². The van der Waals surface area contributed by atoms with Gasteiger partial charge in [0.15, 0.2) is 0 Å². The molecular weight excluding hydrogens is 314 g/mol. The minimum atomic E-state index is 0.0207. The largest absolute Gasteiger partial charge is 0.372 e. The van der Waals surface area contributed by atoms with Crippen molar-refractivity contribution >= 4 is 21.7 Å². The molecule has 0 aliphatic heterocycles. The third kappa shape index (κ3) is 3.51. The molecule has 1 aromatic rings. The smallest absolute Gasteiger partial charge is 0.144 e. The molecule has 20 heavy (non-hydrogen) atoms. The van der Waals surface area contributed by atoms with E-state index >= 15 is 0 Å². The number of hydrogen-bond donors (Lipinski definition) is 1. The third-order valence-corrected chi connectivity index (χ3v) is 4.79. The van der Waals surface area contributed by atoms with Crippen LogP contribution in [0.4, 0.5) is 5.82 Å². The van der Waals surface area contributed by atoms with Crippen molar-refractivity contribution in [1.82, 2.24) is 9.97 Å². The van der Waals surface area contributed by atoms with E-state index in [9.17, 15) is 0 Å². The molecule has 0 unspecified atom stereocenters. The highest BCUT2D eigenvalue weighted by atomic mass is 79.9. The van der Waals surface area contributed by atoms with Gasteiger partial charge in [-0.15, -0.1) is 0 Å². The summed E-state index contributed by atoms with van der Waals surface area (Å²) in [6.07, 6.45) is 7.80. The number of nitrogens with one attached hydrogen (secondary N) is 1. The van der Waals surface area contributed by atoms with E-state index in [2.05, 4.69) is 42.0 Å². The summed E-state index contributed by atoms with van der Waals surface area (Å²) in [6, 6.07) is 0. The Kier molecular flexibility index (Phi) is 5.05. The highest BCUT2D eigenvalue weighted by Gasteiger charge is 2.25. The molecule has 112 valence electrons. The SMILES string of the molecule is CNc1nc(C2CCCCCC2)nc(C(C)(C)C)c1Br. The standard InChI is InChI=1S/C16H26BrN3/c1-16(2,3)13-12(17)15(18-4)20-14(19-13)11-9-7-5-6-8-10-11/h11H,5-10H2,1-4H3,(H,18,19,20). The van der Waals surface area contributed by atoms with Crippen molar-refractivity contribution in [2.24, 2.45) is 0 Å². The minimum Gasteiger partial charge on any atom is -0.372 e. The summed E-state index contributed by atoms with van der Waals surface area (Å²) in [6.45, 7) is 6.61. The molecule has 2 rings (SSSR count). The molecule has 0 spiro atoms. The van der Waals surface area contributed by atoms with Crippen LogP contribution in [-0.2, 0) is 5.41 Å². The van der Waals surface area contributed by atoms with Crippen molar-refractivity contribution in [1.29, 1.82) is 0 Å². The van der Waals surface area contributed by atoms with Gasteiger partial charge in [0.05, 0.1) is 10.2 Å². The fourth-order valence-corrected chi connectivity index (χ4v) is 3.82. The van der Waals surface area contributed by atoms with Crippen molar-refractivity contribution < 1.29 is 0 Å². The molecule has 1 N–H and O–H groups in total. The van der Waals surface area contributed by atoms with Crippen molar-refractivity contribution in [3.63, 3.8) is 0 Å². The second-order valence-electron chi connectivity index (χ2n) is 6.78. The van der Waals surface area contributed by atoms with Crippen molar-refractivity contribution in [3.05, 3.63) is 16.0 Å². The molecule has 0 radical (unpaired) electrons. The van der Waals surface area contributed by atoms with Crippen LogP contribution in [-0.4, -0.2) is 17.0 Å². The van der Waals surface area contributed by atoms with E-state index in [4.69, 9.17) is 9.97 Å². The fourth-order valence-electron chi connectivity index (χ4n) is 2.85. The second-order valence-corrected chi connectivity index (χ2v) is 7.57. The third-order valence-electron chi connectivity index (χ3n) is 4.04. The van der Waals surface area contributed by atoms with Gasteiger partial charge in [0.1, 0.15) is 11.6 Å². The molecule has 0 saturated heterocycles. The van der Waals surface area contributed by atoms with Crippen LogP contribution in [0.15, 0.2) is 4.47 Å². The summed E-state index contributed by atoms with van der Waals surface area (Å²) in [5.41, 5.74) is 1.13. The first-order valence-corrected chi connectivity index (χ1v) is 8.48. The molecule has 1 fully saturated rings. The van der Waals surface area contributed by atoms with E-state index in [1.165, 1.54) is 38.5 Å². The van der Waals surface area contributed by atoms with Crippen LogP contribution in [0, 0.1) is 0 Å². The van der Waals surface area contributed by atoms with Crippen LogP contribution in [0.3, 0.4) is 0 Å². The van der Waals surface area contributed by atoms with E-state index in [-0.39, 0.29) is 5.41 Å². The maximum Gasteiger partial charge on any atom is 0.144 e. The summed E-state index contributed by atoms with van der Waals surface area (Å²) in [7, 11) is 1.93. The lowest BCUT2D eigenvalue weighted by Gasteiger charge is -2.23. The molecule has 0 bridgehead atoms. The molecule has 1 aliphatic carbocycles. The Morgan fingerprint density at radius 3 is 2.15 bits per heavy atom. The predicted octanol–water partition coefficient (Wildman–Crippen LogP) is 5.02. The van der Waals surface area contributed by atoms with Gasteiger partial charge in [-0.1, -0.05) is 46.5 Å². The van der Waals surface area contributed by atoms with Crippen molar-refractivity contribution in [2.75, 3.05) is 12.4 Å². The number of nitrogens with zero attached hydrogens (tertiary/aromatic N) is 2. The topological polar surface area (TPSA) is 37.8 Å². The molecule has 0 atom stereocenters. The van der Waals surface area contributed by atoms with E-state index < -0.39 is 0 Å². The van der Waals surface area contributed by atoms with Crippen molar-refractivity contribution in [3.8, 4) is 0 Å². The first-order valence-electron chi connectivity index (χ1n) is 7.69. The highest BCUT2D eigenvalue weighted by Crippen LogP contribution is 2.36. The van der Waals surface area contributed by atoms with E-state index in [0.717, 1.165) is 21.8 Å². The number of rotatable bonds is 2. The first kappa shape index (κ1) is 15.7. The van der Waals surface area contributed by atoms with Gasteiger partial charge in [-0.05, 0) is 28.8 Å². The maximum atomic E-state index is 4.92. The normalized spacial score (nSPS) is 17.9. The average Bonchev–Trinajstić information content (AvgIpc) is 2.66. The number of aromatic nitrogens is 2. The Labute approximate surface area is 131 Å². The van der Waals surface area contributed by atoms with Crippen LogP contribution in [0.5, 0.6) is 0 Å². The van der Waals surface area contributed by atoms with E-state index in [1.54, 1.807) is 0 Å². The molecule has 1 saturated carbocycles. The lowest BCUT2D eigenvalue weighted by molar-refractivity contribution is 0.525. The lowest BCUT2D eigenvalue weighted by Crippen LogP contribution is -2.19. The quantitative estimate of drug-likeness (QED) is 0.769. The zero-order chi connectivity index (χ0) is 14.8. The summed E-state index contributed by atoms with van der Waals surface area (Å²) in [5.74, 6) is 2.48. The van der Waals surface area contributed by atoms with Crippen LogP contribution in [0.1, 0.15) is 76.7 Å². The molecule has 0 amide bonds. The van der Waals surface area contributed by atoms with Crippen LogP contribution in [0.25, 0.3) is 0 Å². The van der Waals surface area contributed by atoms with Gasteiger partial charge >= 0.3 is 0 Å². The van der Waals surface area contributed by atoms with E-state index in [1.807, 2.05) is 7.05 Å². The second kappa shape index (κ2) is 6.42. The van der Waals surface area contributed by atoms with Gasteiger partial charge < -0.3 is 5.32 Å². The van der Waals surface area contributed by atoms with Gasteiger partial charge in [-0.3, -0.25) is 0 Å². The zero-order valence-corrected chi connectivity index (χ0v) is 14.7. The Balaban J connectivity index is 2.42. The molecule has 1 heterocycles. The molecular formula is C16H26BrN3. The molecule has 1 aliphatic rings. The first-order chi connectivity index (χ1) is 9.43. The van der Waals surface area contributed by atoms with E-state index in [0.29, 0.717) is 5.92 Å². The maximum absolute atomic E-state index is 4.92.